The predicted molar refractivity (Wildman–Crippen MR) is 158 cm³/mol. The number of H-pyrrole nitrogens is 1. The van der Waals surface area contributed by atoms with E-state index in [2.05, 4.69) is 25.6 Å². The Balaban J connectivity index is 1.32. The SMILES string of the molecule is CC(C)(C)N(C(=O)OC(=O)Nc1ccccc1Nc1ncc(Cl)c(-c2c[nH]c3ccccc23)n1)C1CCCCC1. The Hall–Kier alpha value is -4.11. The van der Waals surface area contributed by atoms with E-state index in [0.29, 0.717) is 28.0 Å². The van der Waals surface area contributed by atoms with Crippen molar-refractivity contribution in [2.45, 2.75) is 64.5 Å². The second-order valence-corrected chi connectivity index (χ2v) is 11.3. The minimum absolute atomic E-state index is 0.0522. The summed E-state index contributed by atoms with van der Waals surface area (Å²) in [5, 5.41) is 7.24. The molecule has 9 nitrogen and oxygen atoms in total. The third-order valence-corrected chi connectivity index (χ3v) is 7.31. The van der Waals surface area contributed by atoms with E-state index in [0.717, 1.165) is 48.6 Å². The van der Waals surface area contributed by atoms with E-state index in [1.807, 2.05) is 57.3 Å². The lowest BCUT2D eigenvalue weighted by Crippen LogP contribution is -2.53. The highest BCUT2D eigenvalue weighted by atomic mass is 35.5. The van der Waals surface area contributed by atoms with Crippen LogP contribution in [0.25, 0.3) is 22.2 Å². The number of hydrogen-bond acceptors (Lipinski definition) is 6. The van der Waals surface area contributed by atoms with Crippen LogP contribution in [-0.4, -0.2) is 43.6 Å². The number of amides is 2. The Morgan fingerprint density at radius 2 is 1.73 bits per heavy atom. The number of nitrogens with one attached hydrogen (secondary N) is 3. The molecular weight excluding hydrogens is 528 g/mol. The number of hydrogen-bond donors (Lipinski definition) is 3. The fraction of sp³-hybridized carbons (Fsp3) is 0.333. The average Bonchev–Trinajstić information content (AvgIpc) is 3.35. The number of aromatic amines is 1. The monoisotopic (exact) mass is 560 g/mol. The zero-order valence-electron chi connectivity index (χ0n) is 22.8. The first-order valence-corrected chi connectivity index (χ1v) is 13.9. The zero-order valence-corrected chi connectivity index (χ0v) is 23.6. The van der Waals surface area contributed by atoms with Gasteiger partial charge in [-0.05, 0) is 51.8 Å². The highest BCUT2D eigenvalue weighted by molar-refractivity contribution is 6.33. The largest absolute Gasteiger partial charge is 0.420 e. The van der Waals surface area contributed by atoms with Crippen LogP contribution < -0.4 is 10.6 Å². The normalized spacial score (nSPS) is 14.1. The highest BCUT2D eigenvalue weighted by Gasteiger charge is 2.36. The smallest absolute Gasteiger partial charge is 0.360 e. The molecule has 0 aliphatic heterocycles. The molecule has 1 fully saturated rings. The molecule has 0 unspecified atom stereocenters. The lowest BCUT2D eigenvalue weighted by molar-refractivity contribution is 0.0512. The van der Waals surface area contributed by atoms with Gasteiger partial charge in [-0.25, -0.2) is 19.6 Å². The van der Waals surface area contributed by atoms with Crippen LogP contribution >= 0.6 is 11.6 Å². The van der Waals surface area contributed by atoms with Gasteiger partial charge < -0.3 is 15.0 Å². The van der Waals surface area contributed by atoms with E-state index in [-0.39, 0.29) is 6.04 Å². The van der Waals surface area contributed by atoms with Crippen LogP contribution in [0.3, 0.4) is 0 Å². The fourth-order valence-corrected chi connectivity index (χ4v) is 5.47. The number of nitrogens with zero attached hydrogens (tertiary/aromatic N) is 3. The predicted octanol–water partition coefficient (Wildman–Crippen LogP) is 8.12. The quantitative estimate of drug-likeness (QED) is 0.212. The van der Waals surface area contributed by atoms with Gasteiger partial charge in [0.2, 0.25) is 5.95 Å². The van der Waals surface area contributed by atoms with Crippen LogP contribution in [0.4, 0.5) is 26.9 Å². The first kappa shape index (κ1) is 27.5. The molecule has 208 valence electrons. The van der Waals surface area contributed by atoms with Crippen molar-refractivity contribution >= 4 is 52.0 Å². The first-order valence-electron chi connectivity index (χ1n) is 13.5. The Bertz CT molecular complexity index is 1520. The number of anilines is 3. The lowest BCUT2D eigenvalue weighted by atomic mass is 9.91. The molecule has 1 saturated carbocycles. The molecule has 2 heterocycles. The summed E-state index contributed by atoms with van der Waals surface area (Å²) >= 11 is 6.48. The summed E-state index contributed by atoms with van der Waals surface area (Å²) < 4.78 is 5.28. The van der Waals surface area contributed by atoms with Crippen molar-refractivity contribution in [3.05, 3.63) is 65.9 Å². The summed E-state index contributed by atoms with van der Waals surface area (Å²) in [6, 6.07) is 15.0. The molecule has 0 atom stereocenters. The number of fused-ring (bicyclic) bond motifs is 1. The van der Waals surface area contributed by atoms with Crippen molar-refractivity contribution in [2.75, 3.05) is 10.6 Å². The summed E-state index contributed by atoms with van der Waals surface area (Å²) in [6.45, 7) is 5.87. The van der Waals surface area contributed by atoms with E-state index < -0.39 is 17.7 Å². The summed E-state index contributed by atoms with van der Waals surface area (Å²) in [5.74, 6) is 0.291. The first-order chi connectivity index (χ1) is 19.2. The second kappa shape index (κ2) is 11.6. The Labute approximate surface area is 238 Å². The summed E-state index contributed by atoms with van der Waals surface area (Å²) in [6.07, 6.45) is 6.98. The van der Waals surface area contributed by atoms with Gasteiger partial charge in [-0.15, -0.1) is 0 Å². The standard InChI is InChI=1S/C30H33ClN6O3/c1-30(2,3)37(19-11-5-4-6-12-19)29(39)40-28(38)35-25-16-10-9-15-24(25)34-27-33-18-22(31)26(36-27)21-17-32-23-14-8-7-13-20(21)23/h7-10,13-19,32H,4-6,11-12H2,1-3H3,(H,35,38)(H,33,34,36). The third kappa shape index (κ3) is 6.04. The molecule has 1 aliphatic carbocycles. The number of para-hydroxylation sites is 3. The van der Waals surface area contributed by atoms with E-state index in [9.17, 15) is 9.59 Å². The Morgan fingerprint density at radius 1 is 1.02 bits per heavy atom. The number of carbonyl (C=O) groups excluding carboxylic acids is 2. The van der Waals surface area contributed by atoms with Crippen molar-refractivity contribution in [1.82, 2.24) is 19.9 Å². The lowest BCUT2D eigenvalue weighted by Gasteiger charge is -2.42. The van der Waals surface area contributed by atoms with E-state index in [4.69, 9.17) is 16.3 Å². The molecule has 0 bridgehead atoms. The number of carbonyl (C=O) groups is 2. The molecule has 2 amide bonds. The number of aromatic nitrogens is 3. The Morgan fingerprint density at radius 3 is 2.48 bits per heavy atom. The maximum absolute atomic E-state index is 13.1. The van der Waals surface area contributed by atoms with Crippen LogP contribution in [0, 0.1) is 0 Å². The van der Waals surface area contributed by atoms with Gasteiger partial charge in [0, 0.05) is 34.2 Å². The summed E-state index contributed by atoms with van der Waals surface area (Å²) in [5.41, 5.74) is 2.84. The van der Waals surface area contributed by atoms with E-state index in [1.54, 1.807) is 23.1 Å². The van der Waals surface area contributed by atoms with Gasteiger partial charge in [0.15, 0.2) is 0 Å². The van der Waals surface area contributed by atoms with Gasteiger partial charge in [0.05, 0.1) is 28.3 Å². The third-order valence-electron chi connectivity index (χ3n) is 7.04. The van der Waals surface area contributed by atoms with Gasteiger partial charge in [-0.1, -0.05) is 61.2 Å². The second-order valence-electron chi connectivity index (χ2n) is 10.9. The zero-order chi connectivity index (χ0) is 28.3. The van der Waals surface area contributed by atoms with Crippen molar-refractivity contribution in [3.8, 4) is 11.3 Å². The van der Waals surface area contributed by atoms with Crippen LogP contribution in [0.15, 0.2) is 60.9 Å². The topological polar surface area (TPSA) is 112 Å². The number of benzene rings is 2. The van der Waals surface area contributed by atoms with Crippen LogP contribution in [0.1, 0.15) is 52.9 Å². The molecule has 0 radical (unpaired) electrons. The number of halogens is 1. The molecular formula is C30H33ClN6O3. The van der Waals surface area contributed by atoms with Gasteiger partial charge in [0.25, 0.3) is 0 Å². The molecule has 4 aromatic rings. The van der Waals surface area contributed by atoms with Crippen LogP contribution in [0.5, 0.6) is 0 Å². The maximum Gasteiger partial charge on any atom is 0.420 e. The minimum Gasteiger partial charge on any atom is -0.360 e. The minimum atomic E-state index is -0.860. The Kier molecular flexibility index (Phi) is 7.93. The van der Waals surface area contributed by atoms with E-state index in [1.165, 1.54) is 6.20 Å². The van der Waals surface area contributed by atoms with Crippen LogP contribution in [-0.2, 0) is 4.74 Å². The average molecular weight is 561 g/mol. The van der Waals surface area contributed by atoms with Crippen molar-refractivity contribution in [2.24, 2.45) is 0 Å². The number of rotatable bonds is 5. The van der Waals surface area contributed by atoms with Crippen LogP contribution in [0.2, 0.25) is 5.02 Å². The van der Waals surface area contributed by atoms with E-state index >= 15 is 0 Å². The maximum atomic E-state index is 13.1. The van der Waals surface area contributed by atoms with Gasteiger partial charge in [-0.2, -0.15) is 0 Å². The molecule has 0 saturated heterocycles. The summed E-state index contributed by atoms with van der Waals surface area (Å²) in [4.78, 5) is 39.9. The molecule has 10 heteroatoms. The van der Waals surface area contributed by atoms with Crippen molar-refractivity contribution < 1.29 is 14.3 Å². The highest BCUT2D eigenvalue weighted by Crippen LogP contribution is 2.34. The van der Waals surface area contributed by atoms with Gasteiger partial charge >= 0.3 is 12.2 Å². The molecule has 0 spiro atoms. The fourth-order valence-electron chi connectivity index (χ4n) is 5.28. The molecule has 1 aliphatic rings. The molecule has 40 heavy (non-hydrogen) atoms. The molecule has 3 N–H and O–H groups in total. The summed E-state index contributed by atoms with van der Waals surface area (Å²) in [7, 11) is 0. The van der Waals surface area contributed by atoms with Crippen molar-refractivity contribution in [3.63, 3.8) is 0 Å². The van der Waals surface area contributed by atoms with Gasteiger partial charge in [0.1, 0.15) is 0 Å². The molecule has 5 rings (SSSR count). The van der Waals surface area contributed by atoms with Crippen molar-refractivity contribution in [1.29, 1.82) is 0 Å². The molecule has 2 aromatic heterocycles. The number of ether oxygens (including phenoxy) is 1. The molecule has 2 aromatic carbocycles. The van der Waals surface area contributed by atoms with Gasteiger partial charge in [-0.3, -0.25) is 10.2 Å².